The van der Waals surface area contributed by atoms with Gasteiger partial charge in [0.2, 0.25) is 0 Å². The molecule has 0 bridgehead atoms. The van der Waals surface area contributed by atoms with Gasteiger partial charge in [0.25, 0.3) is 0 Å². The summed E-state index contributed by atoms with van der Waals surface area (Å²) in [6.07, 6.45) is 0.820. The van der Waals surface area contributed by atoms with Crippen molar-refractivity contribution in [3.05, 3.63) is 0 Å². The Balaban J connectivity index is 2.45. The van der Waals surface area contributed by atoms with Crippen LogP contribution in [0.1, 0.15) is 13.3 Å². The third kappa shape index (κ3) is 6.15. The Labute approximate surface area is 46.9 Å². The highest BCUT2D eigenvalue weighted by Crippen LogP contribution is 1.90. The maximum absolute atomic E-state index is 11.3. The molecule has 0 aromatic carbocycles. The van der Waals surface area contributed by atoms with E-state index in [-0.39, 0.29) is 16.2 Å². The Morgan fingerprint density at radius 1 is 1.57 bits per heavy atom. The molecular formula is C5H13FSi. The highest BCUT2D eigenvalue weighted by Gasteiger charge is 1.83. The fourth-order valence-corrected chi connectivity index (χ4v) is 1.56. The molecule has 0 amide bonds. The minimum absolute atomic E-state index is 0.104. The molecule has 0 aromatic heterocycles. The summed E-state index contributed by atoms with van der Waals surface area (Å²) in [5.41, 5.74) is 0. The lowest BCUT2D eigenvalue weighted by Crippen LogP contribution is -1.85. The summed E-state index contributed by atoms with van der Waals surface area (Å²) in [7, 11) is 0.171. The highest BCUT2D eigenvalue weighted by atomic mass is 28.2. The van der Waals surface area contributed by atoms with Crippen LogP contribution in [0.3, 0.4) is 0 Å². The van der Waals surface area contributed by atoms with E-state index in [1.54, 1.807) is 0 Å². The van der Waals surface area contributed by atoms with Crippen LogP contribution in [0.2, 0.25) is 12.1 Å². The highest BCUT2D eigenvalue weighted by molar-refractivity contribution is 6.35. The van der Waals surface area contributed by atoms with Gasteiger partial charge in [-0.1, -0.05) is 19.0 Å². The first-order valence-electron chi connectivity index (χ1n) is 2.97. The van der Waals surface area contributed by atoms with Crippen molar-refractivity contribution in [1.82, 2.24) is 0 Å². The minimum atomic E-state index is -0.104. The first-order valence-corrected chi connectivity index (χ1v) is 4.97. The van der Waals surface area contributed by atoms with Crippen LogP contribution in [0.5, 0.6) is 0 Å². The molecule has 0 aromatic rings. The molecule has 0 spiro atoms. The van der Waals surface area contributed by atoms with E-state index in [4.69, 9.17) is 0 Å². The van der Waals surface area contributed by atoms with E-state index in [0.29, 0.717) is 0 Å². The van der Waals surface area contributed by atoms with Crippen LogP contribution in [0, 0.1) is 0 Å². The maximum atomic E-state index is 11.3. The van der Waals surface area contributed by atoms with Gasteiger partial charge in [-0.3, -0.25) is 4.39 Å². The second-order valence-corrected chi connectivity index (χ2v) is 4.16. The molecule has 0 aliphatic heterocycles. The summed E-state index contributed by atoms with van der Waals surface area (Å²) in [5.74, 6) is 0. The zero-order chi connectivity index (χ0) is 5.54. The molecule has 0 saturated carbocycles. The first kappa shape index (κ1) is 7.15. The molecule has 0 nitrogen and oxygen atoms in total. The lowest BCUT2D eigenvalue weighted by atomic mass is 10.6. The van der Waals surface area contributed by atoms with Crippen molar-refractivity contribution in [2.45, 2.75) is 25.4 Å². The van der Waals surface area contributed by atoms with E-state index in [2.05, 4.69) is 6.92 Å². The smallest absolute Gasteiger partial charge is 0.0891 e. The topological polar surface area (TPSA) is 0 Å². The van der Waals surface area contributed by atoms with Gasteiger partial charge >= 0.3 is 0 Å². The van der Waals surface area contributed by atoms with Gasteiger partial charge in [0.1, 0.15) is 0 Å². The van der Waals surface area contributed by atoms with Crippen molar-refractivity contribution < 1.29 is 4.39 Å². The number of hydrogen-bond acceptors (Lipinski definition) is 0. The Bertz CT molecular complexity index is 27.3. The van der Waals surface area contributed by atoms with E-state index < -0.39 is 0 Å². The lowest BCUT2D eigenvalue weighted by Gasteiger charge is -1.87. The van der Waals surface area contributed by atoms with Gasteiger partial charge in [0.05, 0.1) is 6.67 Å². The largest absolute Gasteiger partial charge is 0.251 e. The molecule has 0 heterocycles. The van der Waals surface area contributed by atoms with Crippen molar-refractivity contribution in [2.24, 2.45) is 0 Å². The molecule has 7 heavy (non-hydrogen) atoms. The van der Waals surface area contributed by atoms with Crippen LogP contribution in [0.25, 0.3) is 0 Å². The van der Waals surface area contributed by atoms with Crippen LogP contribution < -0.4 is 0 Å². The van der Waals surface area contributed by atoms with Crippen molar-refractivity contribution in [2.75, 3.05) is 6.67 Å². The molecule has 0 saturated heterocycles. The Kier molecular flexibility index (Phi) is 6.28. The molecule has 0 aliphatic rings. The van der Waals surface area contributed by atoms with Crippen LogP contribution in [0.15, 0.2) is 0 Å². The van der Waals surface area contributed by atoms with Gasteiger partial charge in [0.15, 0.2) is 0 Å². The summed E-state index contributed by atoms with van der Waals surface area (Å²) in [6, 6.07) is 2.53. The predicted octanol–water partition coefficient (Wildman–Crippen LogP) is 1.37. The van der Waals surface area contributed by atoms with Gasteiger partial charge in [-0.25, -0.2) is 0 Å². The van der Waals surface area contributed by atoms with Crippen molar-refractivity contribution in [3.8, 4) is 0 Å². The van der Waals surface area contributed by atoms with E-state index in [1.807, 2.05) is 0 Å². The molecule has 0 aliphatic carbocycles. The predicted molar refractivity (Wildman–Crippen MR) is 34.4 cm³/mol. The fourth-order valence-electron chi connectivity index (χ4n) is 0.521. The zero-order valence-corrected chi connectivity index (χ0v) is 6.33. The standard InChI is InChI=1S/C5H13FSi/c1-2-7-5-3-4-6/h2-5,7H2,1H3. The van der Waals surface area contributed by atoms with Gasteiger partial charge in [-0.15, -0.1) is 0 Å². The van der Waals surface area contributed by atoms with Gasteiger partial charge in [-0.2, -0.15) is 0 Å². The normalized spacial score (nSPS) is 11.1. The molecule has 0 unspecified atom stereocenters. The maximum Gasteiger partial charge on any atom is 0.0891 e. The SMILES string of the molecule is CC[SiH2]CCCF. The number of halogens is 1. The molecule has 0 atom stereocenters. The number of rotatable bonds is 4. The molecule has 0 fully saturated rings. The van der Waals surface area contributed by atoms with E-state index >= 15 is 0 Å². The second kappa shape index (κ2) is 6.15. The van der Waals surface area contributed by atoms with Crippen molar-refractivity contribution >= 4 is 9.52 Å². The average molecular weight is 120 g/mol. The van der Waals surface area contributed by atoms with Gasteiger partial charge in [-0.05, 0) is 6.42 Å². The second-order valence-electron chi connectivity index (χ2n) is 1.75. The first-order chi connectivity index (χ1) is 3.41. The fraction of sp³-hybridized carbons (Fsp3) is 1.00. The lowest BCUT2D eigenvalue weighted by molar-refractivity contribution is 0.486. The molecule has 0 rings (SSSR count). The van der Waals surface area contributed by atoms with Gasteiger partial charge in [0, 0.05) is 9.52 Å². The van der Waals surface area contributed by atoms with Crippen molar-refractivity contribution in [3.63, 3.8) is 0 Å². The Hall–Kier alpha value is 0.147. The zero-order valence-electron chi connectivity index (χ0n) is 4.91. The van der Waals surface area contributed by atoms with Crippen LogP contribution in [0.4, 0.5) is 4.39 Å². The summed E-state index contributed by atoms with van der Waals surface area (Å²) < 4.78 is 11.3. The average Bonchev–Trinajstić information content (AvgIpc) is 1.69. The third-order valence-electron chi connectivity index (χ3n) is 0.987. The molecule has 0 N–H and O–H groups in total. The van der Waals surface area contributed by atoms with Crippen LogP contribution in [-0.2, 0) is 0 Å². The summed E-state index contributed by atoms with van der Waals surface area (Å²) in [5, 5.41) is 0. The summed E-state index contributed by atoms with van der Waals surface area (Å²) in [4.78, 5) is 0. The molecular weight excluding hydrogens is 107 g/mol. The summed E-state index contributed by atoms with van der Waals surface area (Å²) in [6.45, 7) is 2.08. The van der Waals surface area contributed by atoms with Crippen LogP contribution >= 0.6 is 0 Å². The van der Waals surface area contributed by atoms with Crippen LogP contribution in [-0.4, -0.2) is 16.2 Å². The minimum Gasteiger partial charge on any atom is -0.251 e. The van der Waals surface area contributed by atoms with E-state index in [0.717, 1.165) is 6.42 Å². The number of hydrogen-bond donors (Lipinski definition) is 0. The van der Waals surface area contributed by atoms with E-state index in [9.17, 15) is 4.39 Å². The van der Waals surface area contributed by atoms with Gasteiger partial charge < -0.3 is 0 Å². The molecule has 0 radical (unpaired) electrons. The third-order valence-corrected chi connectivity index (χ3v) is 2.69. The quantitative estimate of drug-likeness (QED) is 0.388. The monoisotopic (exact) mass is 120 g/mol. The Morgan fingerprint density at radius 3 is 2.71 bits per heavy atom. The summed E-state index contributed by atoms with van der Waals surface area (Å²) >= 11 is 0. The Morgan fingerprint density at radius 2 is 2.29 bits per heavy atom. The van der Waals surface area contributed by atoms with E-state index in [1.165, 1.54) is 12.1 Å². The number of alkyl halides is 1. The molecule has 2 heteroatoms. The molecule has 44 valence electrons. The van der Waals surface area contributed by atoms with Crippen molar-refractivity contribution in [1.29, 1.82) is 0 Å².